The maximum Gasteiger partial charge on any atom is 0.349 e. The molecule has 0 spiro atoms. The molecule has 1 unspecified atom stereocenters. The number of benzene rings is 2. The monoisotopic (exact) mass is 472 g/mol. The highest BCUT2D eigenvalue weighted by molar-refractivity contribution is 7.18. The number of anilines is 2. The average Bonchev–Trinajstić information content (AvgIpc) is 3.28. The Labute approximate surface area is 193 Å². The maximum absolute atomic E-state index is 13.8. The van der Waals surface area contributed by atoms with Gasteiger partial charge >= 0.3 is 5.97 Å². The Morgan fingerprint density at radius 3 is 2.52 bits per heavy atom. The van der Waals surface area contributed by atoms with E-state index in [0.717, 1.165) is 28.3 Å². The molecule has 172 valence electrons. The molecule has 1 amide bonds. The molecule has 0 aliphatic carbocycles. The number of nitrogens with one attached hydrogen (secondary N) is 1. The van der Waals surface area contributed by atoms with Gasteiger partial charge in [-0.2, -0.15) is 0 Å². The largest absolute Gasteiger partial charge is 0.448 e. The predicted octanol–water partition coefficient (Wildman–Crippen LogP) is 4.71. The number of amides is 1. The van der Waals surface area contributed by atoms with Crippen molar-refractivity contribution < 1.29 is 27.8 Å². The molecule has 1 atom stereocenters. The number of hydrogen-bond acceptors (Lipinski definition) is 6. The van der Waals surface area contributed by atoms with Crippen LogP contribution in [0, 0.1) is 11.6 Å². The van der Waals surface area contributed by atoms with Gasteiger partial charge in [0.05, 0.1) is 23.9 Å². The zero-order chi connectivity index (χ0) is 23.4. The fraction of sp³-hybridized carbons (Fsp3) is 0.250. The van der Waals surface area contributed by atoms with Crippen molar-refractivity contribution >= 4 is 33.9 Å². The van der Waals surface area contributed by atoms with Crippen molar-refractivity contribution in [2.45, 2.75) is 13.0 Å². The van der Waals surface area contributed by atoms with Gasteiger partial charge in [0.1, 0.15) is 16.5 Å². The van der Waals surface area contributed by atoms with E-state index in [4.69, 9.17) is 9.47 Å². The third-order valence-corrected chi connectivity index (χ3v) is 6.31. The van der Waals surface area contributed by atoms with Crippen LogP contribution in [0.5, 0.6) is 0 Å². The first-order valence-electron chi connectivity index (χ1n) is 10.4. The first-order valence-corrected chi connectivity index (χ1v) is 11.2. The Hall–Kier alpha value is -3.30. The van der Waals surface area contributed by atoms with Crippen molar-refractivity contribution in [2.75, 3.05) is 36.5 Å². The van der Waals surface area contributed by atoms with Crippen LogP contribution in [0.15, 0.2) is 54.6 Å². The summed E-state index contributed by atoms with van der Waals surface area (Å²) in [6.07, 6.45) is -1.18. The van der Waals surface area contributed by atoms with E-state index >= 15 is 0 Å². The number of carbonyl (C=O) groups excluding carboxylic acids is 2. The lowest BCUT2D eigenvalue weighted by atomic mass is 10.1. The molecule has 9 heteroatoms. The average molecular weight is 473 g/mol. The van der Waals surface area contributed by atoms with Crippen LogP contribution in [0.25, 0.3) is 11.1 Å². The molecule has 4 rings (SSSR count). The number of carbonyl (C=O) groups is 2. The highest BCUT2D eigenvalue weighted by atomic mass is 32.1. The molecule has 6 nitrogen and oxygen atoms in total. The molecule has 1 aliphatic heterocycles. The van der Waals surface area contributed by atoms with E-state index in [0.29, 0.717) is 37.2 Å². The number of halogens is 2. The minimum atomic E-state index is -1.18. The summed E-state index contributed by atoms with van der Waals surface area (Å²) in [4.78, 5) is 27.8. The Morgan fingerprint density at radius 1 is 1.09 bits per heavy atom. The van der Waals surface area contributed by atoms with Crippen molar-refractivity contribution in [3.05, 3.63) is 71.1 Å². The number of ether oxygens (including phenoxy) is 2. The van der Waals surface area contributed by atoms with Crippen LogP contribution >= 0.6 is 11.3 Å². The van der Waals surface area contributed by atoms with Gasteiger partial charge in [0.25, 0.3) is 5.91 Å². The van der Waals surface area contributed by atoms with Gasteiger partial charge in [0, 0.05) is 24.7 Å². The molecule has 1 aliphatic rings. The number of morpholine rings is 1. The van der Waals surface area contributed by atoms with Crippen molar-refractivity contribution in [1.29, 1.82) is 0 Å². The van der Waals surface area contributed by atoms with E-state index in [-0.39, 0.29) is 5.69 Å². The summed E-state index contributed by atoms with van der Waals surface area (Å²) in [7, 11) is 0. The molecule has 1 saturated heterocycles. The molecule has 3 aromatic rings. The fourth-order valence-electron chi connectivity index (χ4n) is 3.41. The molecule has 33 heavy (non-hydrogen) atoms. The van der Waals surface area contributed by atoms with E-state index < -0.39 is 29.6 Å². The third kappa shape index (κ3) is 5.37. The number of esters is 1. The molecule has 0 radical (unpaired) electrons. The lowest BCUT2D eigenvalue weighted by molar-refractivity contribution is -0.123. The summed E-state index contributed by atoms with van der Waals surface area (Å²) in [5.74, 6) is -3.04. The normalized spacial score (nSPS) is 14.6. The van der Waals surface area contributed by atoms with E-state index in [1.54, 1.807) is 6.07 Å². The fourth-order valence-corrected chi connectivity index (χ4v) is 4.52. The van der Waals surface area contributed by atoms with Crippen molar-refractivity contribution in [3.8, 4) is 11.1 Å². The van der Waals surface area contributed by atoms with Gasteiger partial charge in [-0.25, -0.2) is 13.6 Å². The molecule has 0 saturated carbocycles. The topological polar surface area (TPSA) is 67.9 Å². The first kappa shape index (κ1) is 22.9. The number of nitrogens with zero attached hydrogens (tertiary/aromatic N) is 1. The zero-order valence-electron chi connectivity index (χ0n) is 17.8. The van der Waals surface area contributed by atoms with Crippen LogP contribution in [-0.4, -0.2) is 44.3 Å². The van der Waals surface area contributed by atoms with Gasteiger partial charge in [-0.05, 0) is 30.7 Å². The molecular weight excluding hydrogens is 450 g/mol. The van der Waals surface area contributed by atoms with Gasteiger partial charge in [0.2, 0.25) is 0 Å². The van der Waals surface area contributed by atoms with Crippen LogP contribution in [-0.2, 0) is 14.3 Å². The SMILES string of the molecule is CC(OC(=O)c1cc(-c2ccccc2)c(N2CCOCC2)s1)C(=O)Nc1ccc(F)cc1F. The van der Waals surface area contributed by atoms with E-state index in [9.17, 15) is 18.4 Å². The second-order valence-corrected chi connectivity index (χ2v) is 8.49. The highest BCUT2D eigenvalue weighted by Crippen LogP contribution is 2.39. The summed E-state index contributed by atoms with van der Waals surface area (Å²) in [6, 6.07) is 14.3. The second kappa shape index (κ2) is 10.1. The van der Waals surface area contributed by atoms with Crippen molar-refractivity contribution in [3.63, 3.8) is 0 Å². The smallest absolute Gasteiger partial charge is 0.349 e. The van der Waals surface area contributed by atoms with Gasteiger partial charge in [-0.15, -0.1) is 11.3 Å². The van der Waals surface area contributed by atoms with Crippen molar-refractivity contribution in [1.82, 2.24) is 0 Å². The quantitative estimate of drug-likeness (QED) is 0.526. The Bertz CT molecular complexity index is 1150. The van der Waals surface area contributed by atoms with Gasteiger partial charge < -0.3 is 19.7 Å². The summed E-state index contributed by atoms with van der Waals surface area (Å²) in [5, 5.41) is 3.24. The maximum atomic E-state index is 13.8. The Kier molecular flexibility index (Phi) is 7.00. The summed E-state index contributed by atoms with van der Waals surface area (Å²) < 4.78 is 37.7. The summed E-state index contributed by atoms with van der Waals surface area (Å²) in [5.41, 5.74) is 1.67. The Morgan fingerprint density at radius 2 is 1.82 bits per heavy atom. The van der Waals surface area contributed by atoms with Gasteiger partial charge in [-0.1, -0.05) is 30.3 Å². The number of hydrogen-bond donors (Lipinski definition) is 1. The second-order valence-electron chi connectivity index (χ2n) is 7.46. The predicted molar refractivity (Wildman–Crippen MR) is 123 cm³/mol. The van der Waals surface area contributed by atoms with Crippen LogP contribution in [0.4, 0.5) is 19.5 Å². The summed E-state index contributed by atoms with van der Waals surface area (Å²) >= 11 is 1.29. The molecule has 1 aromatic heterocycles. The molecule has 2 heterocycles. The molecule has 1 fully saturated rings. The minimum absolute atomic E-state index is 0.193. The van der Waals surface area contributed by atoms with E-state index in [1.807, 2.05) is 30.3 Å². The summed E-state index contributed by atoms with van der Waals surface area (Å²) in [6.45, 7) is 4.00. The lowest BCUT2D eigenvalue weighted by Gasteiger charge is -2.28. The van der Waals surface area contributed by atoms with Crippen molar-refractivity contribution in [2.24, 2.45) is 0 Å². The first-order chi connectivity index (χ1) is 15.9. The van der Waals surface area contributed by atoms with E-state index in [2.05, 4.69) is 10.2 Å². The van der Waals surface area contributed by atoms with Gasteiger partial charge in [-0.3, -0.25) is 4.79 Å². The molecule has 0 bridgehead atoms. The minimum Gasteiger partial charge on any atom is -0.448 e. The highest BCUT2D eigenvalue weighted by Gasteiger charge is 2.25. The standard InChI is InChI=1S/C24H22F2N2O4S/c1-15(22(29)27-20-8-7-17(25)13-19(20)26)32-24(30)21-14-18(16-5-3-2-4-6-16)23(33-21)28-9-11-31-12-10-28/h2-8,13-15H,9-12H2,1H3,(H,27,29). The molecule has 1 N–H and O–H groups in total. The van der Waals surface area contributed by atoms with Crippen LogP contribution < -0.4 is 10.2 Å². The number of rotatable bonds is 6. The molecule has 2 aromatic carbocycles. The Balaban J connectivity index is 1.51. The third-order valence-electron chi connectivity index (χ3n) is 5.14. The number of thiophene rings is 1. The van der Waals surface area contributed by atoms with Gasteiger partial charge in [0.15, 0.2) is 6.10 Å². The van der Waals surface area contributed by atoms with E-state index in [1.165, 1.54) is 18.3 Å². The molecular formula is C24H22F2N2O4S. The van der Waals surface area contributed by atoms with Crippen LogP contribution in [0.3, 0.4) is 0 Å². The van der Waals surface area contributed by atoms with Crippen LogP contribution in [0.2, 0.25) is 0 Å². The zero-order valence-corrected chi connectivity index (χ0v) is 18.7. The lowest BCUT2D eigenvalue weighted by Crippen LogP contribution is -2.35. The van der Waals surface area contributed by atoms with Crippen LogP contribution in [0.1, 0.15) is 16.6 Å².